The first kappa shape index (κ1) is 22.4. The number of benzene rings is 1. The van der Waals surface area contributed by atoms with E-state index < -0.39 is 12.0 Å². The molecule has 2 aliphatic heterocycles. The number of carbonyl (C=O) groups is 2. The molecular weight excluding hydrogens is 428 g/mol. The van der Waals surface area contributed by atoms with Crippen LogP contribution in [0.2, 0.25) is 0 Å². The van der Waals surface area contributed by atoms with Gasteiger partial charge in [0.1, 0.15) is 0 Å². The molecule has 1 saturated heterocycles. The van der Waals surface area contributed by atoms with E-state index in [1.165, 1.54) is 11.8 Å². The first-order valence-corrected chi connectivity index (χ1v) is 11.9. The number of nitrogens with one attached hydrogen (secondary N) is 2. The van der Waals surface area contributed by atoms with Crippen LogP contribution in [0.3, 0.4) is 0 Å². The highest BCUT2D eigenvalue weighted by atomic mass is 32.2. The molecule has 2 aliphatic rings. The Bertz CT molecular complexity index is 999. The van der Waals surface area contributed by atoms with Crippen molar-refractivity contribution in [3.05, 3.63) is 47.8 Å². The number of ether oxygens (including phenoxy) is 2. The first-order valence-electron chi connectivity index (χ1n) is 10.9. The first-order chi connectivity index (χ1) is 15.6. The summed E-state index contributed by atoms with van der Waals surface area (Å²) in [5.74, 6) is -0.0290. The molecule has 4 rings (SSSR count). The van der Waals surface area contributed by atoms with Gasteiger partial charge in [-0.3, -0.25) is 0 Å². The van der Waals surface area contributed by atoms with Crippen LogP contribution in [0.4, 0.5) is 4.79 Å². The van der Waals surface area contributed by atoms with Crippen molar-refractivity contribution < 1.29 is 19.1 Å². The summed E-state index contributed by atoms with van der Waals surface area (Å²) >= 11 is 1.48. The summed E-state index contributed by atoms with van der Waals surface area (Å²) in [7, 11) is 0. The van der Waals surface area contributed by atoms with Gasteiger partial charge in [-0.25, -0.2) is 14.6 Å². The minimum absolute atomic E-state index is 0.152. The van der Waals surface area contributed by atoms with Crippen molar-refractivity contribution in [1.82, 2.24) is 20.2 Å². The van der Waals surface area contributed by atoms with E-state index in [0.717, 1.165) is 35.9 Å². The number of carbonyl (C=O) groups excluding carboxylic acids is 2. The third kappa shape index (κ3) is 4.99. The third-order valence-corrected chi connectivity index (χ3v) is 6.53. The number of esters is 1. The molecule has 2 unspecified atom stereocenters. The minimum Gasteiger partial charge on any atom is -0.463 e. The van der Waals surface area contributed by atoms with Crippen LogP contribution < -0.4 is 10.6 Å². The molecule has 0 spiro atoms. The quantitative estimate of drug-likeness (QED) is 0.467. The Morgan fingerprint density at radius 3 is 2.88 bits per heavy atom. The van der Waals surface area contributed by atoms with E-state index in [4.69, 9.17) is 9.47 Å². The van der Waals surface area contributed by atoms with E-state index in [1.54, 1.807) is 13.8 Å². The fourth-order valence-electron chi connectivity index (χ4n) is 4.01. The number of nitrogens with zero attached hydrogens (tertiary/aromatic N) is 2. The van der Waals surface area contributed by atoms with Crippen LogP contribution >= 0.6 is 11.8 Å². The Labute approximate surface area is 191 Å². The molecule has 2 N–H and O–H groups in total. The van der Waals surface area contributed by atoms with Gasteiger partial charge in [0, 0.05) is 18.1 Å². The molecule has 8 nitrogen and oxygen atoms in total. The van der Waals surface area contributed by atoms with E-state index in [-0.39, 0.29) is 18.7 Å². The lowest BCUT2D eigenvalue weighted by Crippen LogP contribution is -2.49. The summed E-state index contributed by atoms with van der Waals surface area (Å²) in [4.78, 5) is 29.2. The van der Waals surface area contributed by atoms with Crippen molar-refractivity contribution in [2.24, 2.45) is 0 Å². The van der Waals surface area contributed by atoms with Crippen molar-refractivity contribution in [1.29, 1.82) is 0 Å². The Balaban J connectivity index is 1.61. The van der Waals surface area contributed by atoms with Crippen molar-refractivity contribution in [3.63, 3.8) is 0 Å². The van der Waals surface area contributed by atoms with Gasteiger partial charge in [0.05, 0.1) is 42.8 Å². The molecule has 0 aliphatic carbocycles. The number of hydrogen-bond acceptors (Lipinski definition) is 6. The van der Waals surface area contributed by atoms with E-state index in [0.29, 0.717) is 23.6 Å². The van der Waals surface area contributed by atoms with E-state index in [9.17, 15) is 9.59 Å². The minimum atomic E-state index is -0.426. The van der Waals surface area contributed by atoms with Gasteiger partial charge in [0.2, 0.25) is 0 Å². The van der Waals surface area contributed by atoms with Gasteiger partial charge in [-0.1, -0.05) is 42.1 Å². The smallest absolute Gasteiger partial charge is 0.337 e. The van der Waals surface area contributed by atoms with Crippen LogP contribution in [0.1, 0.15) is 26.7 Å². The van der Waals surface area contributed by atoms with E-state index in [2.05, 4.69) is 32.3 Å². The van der Waals surface area contributed by atoms with Gasteiger partial charge >= 0.3 is 12.0 Å². The predicted octanol–water partition coefficient (Wildman–Crippen LogP) is 3.34. The maximum Gasteiger partial charge on any atom is 0.337 e. The number of aromatic nitrogens is 2. The molecule has 1 aromatic carbocycles. The average Bonchev–Trinajstić information content (AvgIpc) is 3.43. The van der Waals surface area contributed by atoms with Gasteiger partial charge in [0.15, 0.2) is 5.16 Å². The van der Waals surface area contributed by atoms with Crippen molar-refractivity contribution >= 4 is 23.8 Å². The van der Waals surface area contributed by atoms with Crippen molar-refractivity contribution in [3.8, 4) is 11.3 Å². The SMILES string of the molecule is CCOC(=O)C1=C(CSc2ncc(-c3ccccc3)n2CC2CCCO2)NC(=O)NC1C. The van der Waals surface area contributed by atoms with Crippen LogP contribution in [0.5, 0.6) is 0 Å². The van der Waals surface area contributed by atoms with Gasteiger partial charge in [0.25, 0.3) is 0 Å². The van der Waals surface area contributed by atoms with E-state index >= 15 is 0 Å². The maximum absolute atomic E-state index is 12.5. The highest BCUT2D eigenvalue weighted by Crippen LogP contribution is 2.30. The number of hydrogen-bond donors (Lipinski definition) is 2. The summed E-state index contributed by atoms with van der Waals surface area (Å²) in [6.45, 7) is 5.31. The topological polar surface area (TPSA) is 94.5 Å². The molecule has 2 amide bonds. The largest absolute Gasteiger partial charge is 0.463 e. The molecule has 1 aromatic heterocycles. The van der Waals surface area contributed by atoms with Crippen LogP contribution in [0.25, 0.3) is 11.3 Å². The molecule has 0 radical (unpaired) electrons. The Kier molecular flexibility index (Phi) is 7.16. The number of imidazole rings is 1. The standard InChI is InChI=1S/C23H28N4O4S/c1-3-30-21(28)20-15(2)25-22(29)26-18(20)14-32-23-24-12-19(16-8-5-4-6-9-16)27(23)13-17-10-7-11-31-17/h4-6,8-9,12,15,17H,3,7,10-11,13-14H2,1-2H3,(H2,25,26,29). The van der Waals surface area contributed by atoms with Crippen LogP contribution in [-0.2, 0) is 20.8 Å². The predicted molar refractivity (Wildman–Crippen MR) is 122 cm³/mol. The summed E-state index contributed by atoms with van der Waals surface area (Å²) < 4.78 is 13.3. The monoisotopic (exact) mass is 456 g/mol. The zero-order valence-electron chi connectivity index (χ0n) is 18.3. The third-order valence-electron chi connectivity index (χ3n) is 5.51. The van der Waals surface area contributed by atoms with Gasteiger partial charge in [-0.15, -0.1) is 0 Å². The lowest BCUT2D eigenvalue weighted by molar-refractivity contribution is -0.138. The zero-order chi connectivity index (χ0) is 22.5. The van der Waals surface area contributed by atoms with Crippen molar-refractivity contribution in [2.45, 2.75) is 50.5 Å². The molecule has 9 heteroatoms. The number of urea groups is 1. The zero-order valence-corrected chi connectivity index (χ0v) is 19.1. The van der Waals surface area contributed by atoms with Crippen molar-refractivity contribution in [2.75, 3.05) is 19.0 Å². The fourth-order valence-corrected chi connectivity index (χ4v) is 4.97. The van der Waals surface area contributed by atoms with Gasteiger partial charge < -0.3 is 24.7 Å². The normalized spacial score (nSPS) is 20.8. The molecule has 3 heterocycles. The highest BCUT2D eigenvalue weighted by Gasteiger charge is 2.30. The number of thioether (sulfide) groups is 1. The molecule has 0 saturated carbocycles. The van der Waals surface area contributed by atoms with Gasteiger partial charge in [-0.05, 0) is 32.3 Å². The fraction of sp³-hybridized carbons (Fsp3) is 0.435. The summed E-state index contributed by atoms with van der Waals surface area (Å²) in [5.41, 5.74) is 3.10. The molecule has 0 bridgehead atoms. The summed E-state index contributed by atoms with van der Waals surface area (Å²) in [6, 6.07) is 9.38. The number of amides is 2. The molecule has 32 heavy (non-hydrogen) atoms. The van der Waals surface area contributed by atoms with Crippen LogP contribution in [0, 0.1) is 0 Å². The second-order valence-corrected chi connectivity index (χ2v) is 8.70. The van der Waals surface area contributed by atoms with Crippen LogP contribution in [-0.4, -0.2) is 52.7 Å². The van der Waals surface area contributed by atoms with Gasteiger partial charge in [-0.2, -0.15) is 0 Å². The molecular formula is C23H28N4O4S. The Morgan fingerprint density at radius 1 is 1.34 bits per heavy atom. The second kappa shape index (κ2) is 10.2. The molecule has 2 atom stereocenters. The maximum atomic E-state index is 12.5. The summed E-state index contributed by atoms with van der Waals surface area (Å²) in [6.07, 6.45) is 4.11. The lowest BCUT2D eigenvalue weighted by Gasteiger charge is -2.26. The summed E-state index contributed by atoms with van der Waals surface area (Å²) in [5, 5.41) is 6.33. The number of rotatable bonds is 8. The van der Waals surface area contributed by atoms with Crippen LogP contribution in [0.15, 0.2) is 53.0 Å². The molecule has 170 valence electrons. The molecule has 1 fully saturated rings. The molecule has 2 aromatic rings. The highest BCUT2D eigenvalue weighted by molar-refractivity contribution is 7.99. The Hall–Kier alpha value is -2.78. The lowest BCUT2D eigenvalue weighted by atomic mass is 10.1. The Morgan fingerprint density at radius 2 is 2.16 bits per heavy atom. The second-order valence-electron chi connectivity index (χ2n) is 7.76. The van der Waals surface area contributed by atoms with E-state index in [1.807, 2.05) is 24.4 Å². The average molecular weight is 457 g/mol.